The van der Waals surface area contributed by atoms with Gasteiger partial charge in [0.25, 0.3) is 0 Å². The number of sulfone groups is 1. The van der Waals surface area contributed by atoms with Gasteiger partial charge in [-0.25, -0.2) is 13.5 Å². The molecule has 0 bridgehead atoms. The minimum Gasteiger partial charge on any atom is -0.368 e. The normalized spacial score (nSPS) is 21.4. The summed E-state index contributed by atoms with van der Waals surface area (Å²) in [7, 11) is -1.36. The van der Waals surface area contributed by atoms with E-state index in [9.17, 15) is 13.2 Å². The van der Waals surface area contributed by atoms with Crippen molar-refractivity contribution in [3.8, 4) is 0 Å². The van der Waals surface area contributed by atoms with E-state index in [1.165, 1.54) is 4.90 Å². The lowest BCUT2D eigenvalue weighted by molar-refractivity contribution is -0.128. The molecular weight excluding hydrogens is 290 g/mol. The lowest BCUT2D eigenvalue weighted by atomic mass is 10.2. The molecule has 0 aromatic carbocycles. The van der Waals surface area contributed by atoms with Crippen LogP contribution in [0.2, 0.25) is 0 Å². The van der Waals surface area contributed by atoms with Crippen molar-refractivity contribution in [1.82, 2.24) is 20.1 Å². The number of aromatic nitrogens is 3. The number of nitrogens with two attached hydrogens (primary N) is 1. The summed E-state index contributed by atoms with van der Waals surface area (Å²) < 4.78 is 22.7. The molecule has 1 amide bonds. The second-order valence-corrected chi connectivity index (χ2v) is 7.52. The molecule has 0 radical (unpaired) electrons. The van der Waals surface area contributed by atoms with Crippen LogP contribution in [0.3, 0.4) is 0 Å². The van der Waals surface area contributed by atoms with Gasteiger partial charge in [-0.3, -0.25) is 4.79 Å². The first-order valence-electron chi connectivity index (χ1n) is 5.64. The highest BCUT2D eigenvalue weighted by molar-refractivity contribution is 7.99. The molecule has 10 heteroatoms. The Morgan fingerprint density at radius 3 is 2.89 bits per heavy atom. The fourth-order valence-corrected chi connectivity index (χ4v) is 4.34. The molecule has 1 saturated heterocycles. The van der Waals surface area contributed by atoms with E-state index in [4.69, 9.17) is 5.73 Å². The molecule has 0 spiro atoms. The summed E-state index contributed by atoms with van der Waals surface area (Å²) in [6, 6.07) is -0.227. The first-order valence-corrected chi connectivity index (χ1v) is 8.45. The third-order valence-electron chi connectivity index (χ3n) is 2.96. The number of nitrogens with zero attached hydrogens (tertiary/aromatic N) is 3. The van der Waals surface area contributed by atoms with Crippen molar-refractivity contribution >= 4 is 33.5 Å². The average Bonchev–Trinajstić information content (AvgIpc) is 2.91. The van der Waals surface area contributed by atoms with Crippen LogP contribution in [-0.2, 0) is 14.6 Å². The molecule has 3 N–H and O–H groups in total. The van der Waals surface area contributed by atoms with Gasteiger partial charge in [-0.15, -0.1) is 5.10 Å². The van der Waals surface area contributed by atoms with E-state index in [2.05, 4.69) is 15.2 Å². The fourth-order valence-electron chi connectivity index (χ4n) is 1.84. The van der Waals surface area contributed by atoms with Gasteiger partial charge < -0.3 is 10.6 Å². The summed E-state index contributed by atoms with van der Waals surface area (Å²) in [6.45, 7) is 0. The molecular formula is C9H15N5O3S2. The Morgan fingerprint density at radius 2 is 2.37 bits per heavy atom. The first kappa shape index (κ1) is 14.1. The van der Waals surface area contributed by atoms with E-state index in [0.29, 0.717) is 11.6 Å². The summed E-state index contributed by atoms with van der Waals surface area (Å²) in [4.78, 5) is 17.3. The van der Waals surface area contributed by atoms with Crippen molar-refractivity contribution in [3.63, 3.8) is 0 Å². The Kier molecular flexibility index (Phi) is 3.99. The number of carbonyl (C=O) groups excluding carboxylic acids is 1. The summed E-state index contributed by atoms with van der Waals surface area (Å²) >= 11 is 1.16. The number of aromatic amines is 1. The van der Waals surface area contributed by atoms with E-state index in [0.717, 1.165) is 11.8 Å². The molecule has 19 heavy (non-hydrogen) atoms. The maximum atomic E-state index is 11.9. The monoisotopic (exact) mass is 305 g/mol. The zero-order chi connectivity index (χ0) is 14.0. The topological polar surface area (TPSA) is 122 Å². The quantitative estimate of drug-likeness (QED) is 0.693. The van der Waals surface area contributed by atoms with Crippen molar-refractivity contribution in [2.45, 2.75) is 17.6 Å². The third-order valence-corrected chi connectivity index (χ3v) is 5.54. The van der Waals surface area contributed by atoms with Crippen molar-refractivity contribution in [2.24, 2.45) is 0 Å². The first-order chi connectivity index (χ1) is 8.87. The van der Waals surface area contributed by atoms with Gasteiger partial charge in [0.1, 0.15) is 0 Å². The van der Waals surface area contributed by atoms with Gasteiger partial charge in [0.05, 0.1) is 17.3 Å². The third kappa shape index (κ3) is 3.60. The largest absolute Gasteiger partial charge is 0.368 e. The van der Waals surface area contributed by atoms with Crippen LogP contribution in [0.25, 0.3) is 0 Å². The fraction of sp³-hybridized carbons (Fsp3) is 0.667. The lowest BCUT2D eigenvalue weighted by Crippen LogP contribution is -2.38. The van der Waals surface area contributed by atoms with Crippen molar-refractivity contribution in [2.75, 3.05) is 30.0 Å². The summed E-state index contributed by atoms with van der Waals surface area (Å²) in [5, 5.41) is 6.68. The zero-order valence-electron chi connectivity index (χ0n) is 10.4. The van der Waals surface area contributed by atoms with Crippen LogP contribution < -0.4 is 5.73 Å². The molecule has 1 aliphatic heterocycles. The molecule has 2 rings (SSSR count). The number of hydrogen-bond acceptors (Lipinski definition) is 7. The van der Waals surface area contributed by atoms with Crippen LogP contribution in [0.4, 0.5) is 5.95 Å². The number of rotatable bonds is 4. The molecule has 1 aliphatic rings. The highest BCUT2D eigenvalue weighted by Crippen LogP contribution is 2.19. The number of anilines is 1. The van der Waals surface area contributed by atoms with Crippen molar-refractivity contribution < 1.29 is 13.2 Å². The Balaban J connectivity index is 1.86. The number of hydrogen-bond donors (Lipinski definition) is 2. The number of carbonyl (C=O) groups is 1. The molecule has 1 unspecified atom stereocenters. The summed E-state index contributed by atoms with van der Waals surface area (Å²) in [6.07, 6.45) is 0.503. The van der Waals surface area contributed by atoms with E-state index >= 15 is 0 Å². The number of H-pyrrole nitrogens is 1. The molecule has 1 atom stereocenters. The van der Waals surface area contributed by atoms with Crippen LogP contribution in [0.1, 0.15) is 6.42 Å². The van der Waals surface area contributed by atoms with Crippen molar-refractivity contribution in [3.05, 3.63) is 0 Å². The number of nitrogens with one attached hydrogen (secondary N) is 1. The smallest absolute Gasteiger partial charge is 0.233 e. The van der Waals surface area contributed by atoms with Gasteiger partial charge in [0.15, 0.2) is 9.84 Å². The van der Waals surface area contributed by atoms with Crippen LogP contribution in [0, 0.1) is 0 Å². The Bertz CT molecular complexity index is 570. The Labute approximate surface area is 115 Å². The predicted molar refractivity (Wildman–Crippen MR) is 71.3 cm³/mol. The summed E-state index contributed by atoms with van der Waals surface area (Å²) in [5.41, 5.74) is 5.37. The predicted octanol–water partition coefficient (Wildman–Crippen LogP) is -0.875. The van der Waals surface area contributed by atoms with Gasteiger partial charge in [-0.1, -0.05) is 11.8 Å². The molecule has 1 aromatic heterocycles. The second-order valence-electron chi connectivity index (χ2n) is 4.35. The van der Waals surface area contributed by atoms with Crippen LogP contribution in [0.15, 0.2) is 5.16 Å². The molecule has 8 nitrogen and oxygen atoms in total. The van der Waals surface area contributed by atoms with Crippen LogP contribution >= 0.6 is 11.8 Å². The molecule has 2 heterocycles. The maximum absolute atomic E-state index is 11.9. The van der Waals surface area contributed by atoms with Gasteiger partial charge in [-0.2, -0.15) is 4.98 Å². The molecule has 0 aliphatic carbocycles. The molecule has 1 fully saturated rings. The van der Waals surface area contributed by atoms with Crippen LogP contribution in [0.5, 0.6) is 0 Å². The Morgan fingerprint density at radius 1 is 1.63 bits per heavy atom. The summed E-state index contributed by atoms with van der Waals surface area (Å²) in [5.74, 6) is 0.415. The minimum atomic E-state index is -2.98. The van der Waals surface area contributed by atoms with Gasteiger partial charge in [0.2, 0.25) is 17.0 Å². The van der Waals surface area contributed by atoms with Crippen molar-refractivity contribution in [1.29, 1.82) is 0 Å². The highest BCUT2D eigenvalue weighted by Gasteiger charge is 2.32. The second kappa shape index (κ2) is 5.37. The zero-order valence-corrected chi connectivity index (χ0v) is 12.0. The maximum Gasteiger partial charge on any atom is 0.233 e. The molecule has 0 saturated carbocycles. The Hall–Kier alpha value is -1.29. The minimum absolute atomic E-state index is 0.0491. The average molecular weight is 305 g/mol. The van der Waals surface area contributed by atoms with Gasteiger partial charge in [0, 0.05) is 13.1 Å². The SMILES string of the molecule is CN(C(=O)CSc1n[nH]c(N)n1)C1CCS(=O)(=O)C1. The van der Waals surface area contributed by atoms with E-state index in [-0.39, 0.29) is 35.2 Å². The van der Waals surface area contributed by atoms with E-state index in [1.54, 1.807) is 7.05 Å². The molecule has 1 aromatic rings. The standard InChI is InChI=1S/C9H15N5O3S2/c1-14(6-2-3-19(16,17)5-6)7(15)4-18-9-11-8(10)12-13-9/h6H,2-5H2,1H3,(H3,10,11,12,13). The van der Waals surface area contributed by atoms with Gasteiger partial charge in [-0.05, 0) is 6.42 Å². The number of thioether (sulfide) groups is 1. The van der Waals surface area contributed by atoms with Crippen LogP contribution in [-0.4, -0.2) is 64.8 Å². The molecule has 106 valence electrons. The number of nitrogen functional groups attached to an aromatic ring is 1. The highest BCUT2D eigenvalue weighted by atomic mass is 32.2. The lowest BCUT2D eigenvalue weighted by Gasteiger charge is -2.22. The van der Waals surface area contributed by atoms with E-state index in [1.807, 2.05) is 0 Å². The van der Waals surface area contributed by atoms with Gasteiger partial charge >= 0.3 is 0 Å². The van der Waals surface area contributed by atoms with E-state index < -0.39 is 9.84 Å². The number of amides is 1.